The summed E-state index contributed by atoms with van der Waals surface area (Å²) in [5.74, 6) is 1.84. The van der Waals surface area contributed by atoms with Crippen molar-refractivity contribution in [2.75, 3.05) is 46.4 Å². The van der Waals surface area contributed by atoms with Gasteiger partial charge in [0.2, 0.25) is 0 Å². The number of aromatic nitrogens is 3. The van der Waals surface area contributed by atoms with E-state index in [1.165, 1.54) is 0 Å². The number of fused-ring (bicyclic) bond motifs is 1. The summed E-state index contributed by atoms with van der Waals surface area (Å²) in [5, 5.41) is 15.5. The van der Waals surface area contributed by atoms with E-state index in [9.17, 15) is 0 Å². The van der Waals surface area contributed by atoms with E-state index in [2.05, 4.69) is 32.7 Å². The number of nitrogens with one attached hydrogen (secondary N) is 2. The minimum absolute atomic E-state index is 0. The van der Waals surface area contributed by atoms with Crippen molar-refractivity contribution in [3.63, 3.8) is 0 Å². The van der Waals surface area contributed by atoms with Gasteiger partial charge in [0.1, 0.15) is 5.82 Å². The molecule has 2 N–H and O–H groups in total. The predicted molar refractivity (Wildman–Crippen MR) is 127 cm³/mol. The molecule has 0 atom stereocenters. The smallest absolute Gasteiger partial charge is 0.191 e. The molecule has 1 fully saturated rings. The van der Waals surface area contributed by atoms with Crippen molar-refractivity contribution < 1.29 is 4.74 Å². The predicted octanol–water partition coefficient (Wildman–Crippen LogP) is 1.95. The van der Waals surface area contributed by atoms with Crippen LogP contribution in [-0.4, -0.2) is 77.9 Å². The first kappa shape index (κ1) is 23.8. The average Bonchev–Trinajstić information content (AvgIpc) is 3.13. The molecule has 9 heteroatoms. The number of hydrogen-bond acceptors (Lipinski definition) is 5. The van der Waals surface area contributed by atoms with Crippen LogP contribution in [0.4, 0.5) is 0 Å². The van der Waals surface area contributed by atoms with Gasteiger partial charge in [-0.1, -0.05) is 6.07 Å². The van der Waals surface area contributed by atoms with E-state index in [0.29, 0.717) is 12.6 Å². The molecule has 3 heterocycles. The summed E-state index contributed by atoms with van der Waals surface area (Å²) in [6, 6.07) is 6.41. The molecular formula is C20H34IN7O. The van der Waals surface area contributed by atoms with Crippen LogP contribution in [0.15, 0.2) is 29.4 Å². The number of guanidine groups is 1. The van der Waals surface area contributed by atoms with Crippen molar-refractivity contribution in [2.24, 2.45) is 4.99 Å². The Labute approximate surface area is 190 Å². The van der Waals surface area contributed by atoms with Crippen molar-refractivity contribution in [3.8, 4) is 0 Å². The van der Waals surface area contributed by atoms with Crippen molar-refractivity contribution in [1.82, 2.24) is 30.1 Å². The van der Waals surface area contributed by atoms with E-state index < -0.39 is 0 Å². The van der Waals surface area contributed by atoms with E-state index in [4.69, 9.17) is 9.73 Å². The topological polar surface area (TPSA) is 79.1 Å². The maximum Gasteiger partial charge on any atom is 0.191 e. The van der Waals surface area contributed by atoms with Crippen LogP contribution in [0, 0.1) is 0 Å². The molecule has 29 heavy (non-hydrogen) atoms. The summed E-state index contributed by atoms with van der Waals surface area (Å²) in [4.78, 5) is 7.28. The third-order valence-electron chi connectivity index (χ3n) is 5.09. The molecule has 0 radical (unpaired) electrons. The molecule has 1 aliphatic rings. The fraction of sp³-hybridized carbons (Fsp3) is 0.650. The van der Waals surface area contributed by atoms with Gasteiger partial charge in [-0.05, 0) is 38.3 Å². The number of halogens is 1. The highest BCUT2D eigenvalue weighted by Crippen LogP contribution is 2.10. The van der Waals surface area contributed by atoms with E-state index in [0.717, 1.165) is 75.9 Å². The van der Waals surface area contributed by atoms with Gasteiger partial charge >= 0.3 is 0 Å². The minimum atomic E-state index is 0. The maximum absolute atomic E-state index is 5.15. The second-order valence-corrected chi connectivity index (χ2v) is 7.16. The number of piperidine rings is 1. The number of rotatable bonds is 9. The van der Waals surface area contributed by atoms with Crippen LogP contribution in [0.2, 0.25) is 0 Å². The number of ether oxygens (including phenoxy) is 1. The Hall–Kier alpha value is -1.46. The van der Waals surface area contributed by atoms with Gasteiger partial charge in [-0.3, -0.25) is 9.39 Å². The molecule has 0 aliphatic carbocycles. The molecule has 0 unspecified atom stereocenters. The maximum atomic E-state index is 5.15. The SMILES string of the molecule is CCNC(=NCCc1nnc2ccccn12)NC1CCN(CCCOC)CC1.I. The molecule has 0 bridgehead atoms. The molecule has 2 aromatic rings. The van der Waals surface area contributed by atoms with Crippen LogP contribution in [0.3, 0.4) is 0 Å². The van der Waals surface area contributed by atoms with Crippen LogP contribution in [0.5, 0.6) is 0 Å². The third-order valence-corrected chi connectivity index (χ3v) is 5.09. The summed E-state index contributed by atoms with van der Waals surface area (Å²) in [5.41, 5.74) is 0.878. The summed E-state index contributed by atoms with van der Waals surface area (Å²) >= 11 is 0. The van der Waals surface area contributed by atoms with Crippen LogP contribution in [0.1, 0.15) is 32.0 Å². The summed E-state index contributed by atoms with van der Waals surface area (Å²) < 4.78 is 7.17. The number of hydrogen-bond donors (Lipinski definition) is 2. The van der Waals surface area contributed by atoms with E-state index in [1.807, 2.05) is 28.8 Å². The Morgan fingerprint density at radius 2 is 2.10 bits per heavy atom. The monoisotopic (exact) mass is 515 g/mol. The first-order valence-corrected chi connectivity index (χ1v) is 10.3. The van der Waals surface area contributed by atoms with Gasteiger partial charge in [0.15, 0.2) is 11.6 Å². The fourth-order valence-corrected chi connectivity index (χ4v) is 3.58. The molecule has 1 saturated heterocycles. The zero-order chi connectivity index (χ0) is 19.6. The lowest BCUT2D eigenvalue weighted by molar-refractivity contribution is 0.155. The minimum Gasteiger partial charge on any atom is -0.385 e. The van der Waals surface area contributed by atoms with Gasteiger partial charge in [0, 0.05) is 65.1 Å². The average molecular weight is 515 g/mol. The van der Waals surface area contributed by atoms with Gasteiger partial charge in [-0.15, -0.1) is 34.2 Å². The highest BCUT2D eigenvalue weighted by Gasteiger charge is 2.19. The highest BCUT2D eigenvalue weighted by molar-refractivity contribution is 14.0. The zero-order valence-corrected chi connectivity index (χ0v) is 19.8. The first-order valence-electron chi connectivity index (χ1n) is 10.3. The Kier molecular flexibility index (Phi) is 10.6. The molecule has 162 valence electrons. The van der Waals surface area contributed by atoms with E-state index in [1.54, 1.807) is 7.11 Å². The van der Waals surface area contributed by atoms with Gasteiger partial charge in [-0.2, -0.15) is 0 Å². The summed E-state index contributed by atoms with van der Waals surface area (Å²) in [6.45, 7) is 7.87. The number of aliphatic imine (C=N–C) groups is 1. The number of nitrogens with zero attached hydrogens (tertiary/aromatic N) is 5. The first-order chi connectivity index (χ1) is 13.8. The Morgan fingerprint density at radius 3 is 2.86 bits per heavy atom. The third kappa shape index (κ3) is 7.38. The van der Waals surface area contributed by atoms with Crippen molar-refractivity contribution in [2.45, 2.75) is 38.6 Å². The Bertz CT molecular complexity index is 743. The lowest BCUT2D eigenvalue weighted by Crippen LogP contribution is -2.49. The lowest BCUT2D eigenvalue weighted by atomic mass is 10.1. The quantitative estimate of drug-likeness (QED) is 0.230. The second-order valence-electron chi connectivity index (χ2n) is 7.16. The van der Waals surface area contributed by atoms with Gasteiger partial charge < -0.3 is 20.3 Å². The number of methoxy groups -OCH3 is 1. The van der Waals surface area contributed by atoms with Crippen LogP contribution >= 0.6 is 24.0 Å². The zero-order valence-electron chi connectivity index (χ0n) is 17.5. The van der Waals surface area contributed by atoms with Crippen LogP contribution in [0.25, 0.3) is 5.65 Å². The van der Waals surface area contributed by atoms with Crippen LogP contribution < -0.4 is 10.6 Å². The molecule has 0 aromatic carbocycles. The number of likely N-dealkylation sites (tertiary alicyclic amines) is 1. The summed E-state index contributed by atoms with van der Waals surface area (Å²) in [7, 11) is 1.77. The van der Waals surface area contributed by atoms with Crippen LogP contribution in [-0.2, 0) is 11.2 Å². The molecule has 0 saturated carbocycles. The molecule has 0 amide bonds. The largest absolute Gasteiger partial charge is 0.385 e. The van der Waals surface area contributed by atoms with E-state index >= 15 is 0 Å². The van der Waals surface area contributed by atoms with Gasteiger partial charge in [0.05, 0.1) is 0 Å². The Balaban J connectivity index is 0.00000300. The van der Waals surface area contributed by atoms with Crippen molar-refractivity contribution >= 4 is 35.6 Å². The summed E-state index contributed by atoms with van der Waals surface area (Å²) in [6.07, 6.45) is 6.16. The van der Waals surface area contributed by atoms with Gasteiger partial charge in [0.25, 0.3) is 0 Å². The molecule has 3 rings (SSSR count). The van der Waals surface area contributed by atoms with Crippen molar-refractivity contribution in [3.05, 3.63) is 30.2 Å². The van der Waals surface area contributed by atoms with Gasteiger partial charge in [-0.25, -0.2) is 0 Å². The molecule has 1 aliphatic heterocycles. The normalized spacial score (nSPS) is 16.0. The molecule has 0 spiro atoms. The lowest BCUT2D eigenvalue weighted by Gasteiger charge is -2.33. The van der Waals surface area contributed by atoms with E-state index in [-0.39, 0.29) is 24.0 Å². The Morgan fingerprint density at radius 1 is 1.28 bits per heavy atom. The van der Waals surface area contributed by atoms with Crippen molar-refractivity contribution in [1.29, 1.82) is 0 Å². The number of pyridine rings is 1. The standard InChI is InChI=1S/C20H33N7O.HI/c1-3-21-20(23-17-9-14-26(15-10-17)12-6-16-28-2)22-11-8-19-25-24-18-7-4-5-13-27(18)19;/h4-5,7,13,17H,3,6,8-12,14-16H2,1-2H3,(H2,21,22,23);1H. The second kappa shape index (κ2) is 13.0. The molecule has 8 nitrogen and oxygen atoms in total. The highest BCUT2D eigenvalue weighted by atomic mass is 127. The molecular weight excluding hydrogens is 481 g/mol. The fourth-order valence-electron chi connectivity index (χ4n) is 3.58. The molecule has 2 aromatic heterocycles.